The molecule has 3 nitrogen and oxygen atoms in total. The Balaban J connectivity index is 2.23. The van der Waals surface area contributed by atoms with E-state index in [1.54, 1.807) is 11.8 Å². The Morgan fingerprint density at radius 1 is 1.41 bits per heavy atom. The van der Waals surface area contributed by atoms with E-state index in [4.69, 9.17) is 0 Å². The Morgan fingerprint density at radius 3 is 2.65 bits per heavy atom. The molecule has 1 aromatic heterocycles. The summed E-state index contributed by atoms with van der Waals surface area (Å²) in [6, 6.07) is 3.79. The fourth-order valence-corrected chi connectivity index (χ4v) is 2.59. The van der Waals surface area contributed by atoms with Gasteiger partial charge in [-0.1, -0.05) is 13.8 Å². The molecule has 0 atom stereocenters. The zero-order chi connectivity index (χ0) is 12.7. The van der Waals surface area contributed by atoms with Crippen molar-refractivity contribution in [1.82, 2.24) is 9.47 Å². The molecular formula is C13H22N2OS. The lowest BCUT2D eigenvalue weighted by Gasteiger charge is -2.17. The van der Waals surface area contributed by atoms with Gasteiger partial charge in [-0.25, -0.2) is 0 Å². The lowest BCUT2D eigenvalue weighted by atomic mass is 10.3. The van der Waals surface area contributed by atoms with Crippen LogP contribution in [0.4, 0.5) is 0 Å². The monoisotopic (exact) mass is 254 g/mol. The molecule has 96 valence electrons. The minimum absolute atomic E-state index is 0.224. The van der Waals surface area contributed by atoms with Crippen LogP contribution in [0.2, 0.25) is 0 Å². The molecule has 4 heteroatoms. The van der Waals surface area contributed by atoms with Crippen molar-refractivity contribution in [3.05, 3.63) is 24.0 Å². The van der Waals surface area contributed by atoms with E-state index in [9.17, 15) is 4.79 Å². The van der Waals surface area contributed by atoms with Crippen LogP contribution < -0.4 is 0 Å². The zero-order valence-corrected chi connectivity index (χ0v) is 11.8. The average molecular weight is 254 g/mol. The molecule has 0 aliphatic rings. The normalized spacial score (nSPS) is 11.1. The predicted molar refractivity (Wildman–Crippen MR) is 74.9 cm³/mol. The number of rotatable bonds is 8. The molecule has 0 spiro atoms. The molecule has 0 amide bonds. The Labute approximate surface area is 108 Å². The van der Waals surface area contributed by atoms with Gasteiger partial charge in [0, 0.05) is 25.5 Å². The van der Waals surface area contributed by atoms with Gasteiger partial charge in [-0.05, 0) is 25.2 Å². The number of carbonyl (C=O) groups is 1. The number of ketones is 1. The first-order valence-electron chi connectivity index (χ1n) is 6.13. The minimum atomic E-state index is 0.224. The van der Waals surface area contributed by atoms with E-state index in [-0.39, 0.29) is 5.78 Å². The summed E-state index contributed by atoms with van der Waals surface area (Å²) in [5.41, 5.74) is 0.806. The molecule has 0 N–H and O–H groups in total. The van der Waals surface area contributed by atoms with Gasteiger partial charge in [-0.15, -0.1) is 0 Å². The van der Waals surface area contributed by atoms with E-state index in [1.165, 1.54) is 0 Å². The van der Waals surface area contributed by atoms with Gasteiger partial charge in [0.2, 0.25) is 0 Å². The summed E-state index contributed by atoms with van der Waals surface area (Å²) in [7, 11) is 1.91. The summed E-state index contributed by atoms with van der Waals surface area (Å²) in [5.74, 6) is 1.83. The van der Waals surface area contributed by atoms with E-state index in [0.29, 0.717) is 5.75 Å². The number of thioether (sulfide) groups is 1. The number of Topliss-reactive ketones (excluding diaryl/α,β-unsaturated/α-hetero) is 1. The highest BCUT2D eigenvalue weighted by Crippen LogP contribution is 2.08. The van der Waals surface area contributed by atoms with Crippen LogP contribution in [0.1, 0.15) is 24.3 Å². The average Bonchev–Trinajstić information content (AvgIpc) is 2.75. The third kappa shape index (κ3) is 4.56. The highest BCUT2D eigenvalue weighted by atomic mass is 32.2. The van der Waals surface area contributed by atoms with Gasteiger partial charge in [0.05, 0.1) is 11.4 Å². The minimum Gasteiger partial charge on any atom is -0.348 e. The van der Waals surface area contributed by atoms with Crippen molar-refractivity contribution < 1.29 is 4.79 Å². The summed E-state index contributed by atoms with van der Waals surface area (Å²) in [5, 5.41) is 0. The second-order valence-corrected chi connectivity index (χ2v) is 5.11. The first-order valence-corrected chi connectivity index (χ1v) is 7.29. The SMILES string of the molecule is CCN(CC)CCSCC(=O)c1cccn1C. The molecular weight excluding hydrogens is 232 g/mol. The summed E-state index contributed by atoms with van der Waals surface area (Å²) < 4.78 is 1.88. The van der Waals surface area contributed by atoms with Gasteiger partial charge in [-0.3, -0.25) is 4.79 Å². The van der Waals surface area contributed by atoms with Crippen LogP contribution in [0.5, 0.6) is 0 Å². The van der Waals surface area contributed by atoms with Crippen molar-refractivity contribution in [3.8, 4) is 0 Å². The van der Waals surface area contributed by atoms with Gasteiger partial charge in [0.25, 0.3) is 0 Å². The fourth-order valence-electron chi connectivity index (χ4n) is 1.72. The van der Waals surface area contributed by atoms with Crippen molar-refractivity contribution in [2.45, 2.75) is 13.8 Å². The van der Waals surface area contributed by atoms with Crippen molar-refractivity contribution in [3.63, 3.8) is 0 Å². The van der Waals surface area contributed by atoms with Crippen LogP contribution in [0, 0.1) is 0 Å². The molecule has 0 aliphatic heterocycles. The van der Waals surface area contributed by atoms with Crippen molar-refractivity contribution in [2.75, 3.05) is 31.1 Å². The van der Waals surface area contributed by atoms with Crippen molar-refractivity contribution in [2.24, 2.45) is 7.05 Å². The van der Waals surface area contributed by atoms with E-state index in [1.807, 2.05) is 29.9 Å². The summed E-state index contributed by atoms with van der Waals surface area (Å²) >= 11 is 1.72. The Kier molecular flexibility index (Phi) is 6.37. The van der Waals surface area contributed by atoms with E-state index in [2.05, 4.69) is 18.7 Å². The van der Waals surface area contributed by atoms with Crippen molar-refractivity contribution in [1.29, 1.82) is 0 Å². The number of hydrogen-bond acceptors (Lipinski definition) is 3. The standard InChI is InChI=1S/C13H22N2OS/c1-4-15(5-2)9-10-17-11-13(16)12-7-6-8-14(12)3/h6-8H,4-5,9-11H2,1-3H3. The molecule has 0 aromatic carbocycles. The quantitative estimate of drug-likeness (QED) is 0.526. The van der Waals surface area contributed by atoms with Crippen LogP contribution in [-0.4, -0.2) is 46.4 Å². The third-order valence-electron chi connectivity index (χ3n) is 2.91. The van der Waals surface area contributed by atoms with E-state index >= 15 is 0 Å². The molecule has 1 heterocycles. The number of nitrogens with zero attached hydrogens (tertiary/aromatic N) is 2. The Hall–Kier alpha value is -0.740. The second kappa shape index (κ2) is 7.56. The molecule has 0 radical (unpaired) electrons. The maximum absolute atomic E-state index is 11.9. The molecule has 0 saturated carbocycles. The number of aryl methyl sites for hydroxylation is 1. The summed E-state index contributed by atoms with van der Waals surface area (Å²) in [6.07, 6.45) is 1.91. The lowest BCUT2D eigenvalue weighted by molar-refractivity contribution is 0.101. The highest BCUT2D eigenvalue weighted by molar-refractivity contribution is 8.00. The first kappa shape index (κ1) is 14.3. The van der Waals surface area contributed by atoms with Crippen molar-refractivity contribution >= 4 is 17.5 Å². The van der Waals surface area contributed by atoms with Crippen LogP contribution >= 0.6 is 11.8 Å². The molecule has 0 fully saturated rings. The maximum atomic E-state index is 11.9. The van der Waals surface area contributed by atoms with Crippen LogP contribution in [0.3, 0.4) is 0 Å². The Bertz CT molecular complexity index is 345. The Morgan fingerprint density at radius 2 is 2.12 bits per heavy atom. The van der Waals surface area contributed by atoms with Gasteiger partial charge in [0.15, 0.2) is 5.78 Å². The van der Waals surface area contributed by atoms with Gasteiger partial charge >= 0.3 is 0 Å². The summed E-state index contributed by atoms with van der Waals surface area (Å²) in [4.78, 5) is 14.2. The lowest BCUT2D eigenvalue weighted by Crippen LogP contribution is -2.25. The smallest absolute Gasteiger partial charge is 0.189 e. The third-order valence-corrected chi connectivity index (χ3v) is 3.85. The predicted octanol–water partition coefficient (Wildman–Crippen LogP) is 2.28. The topological polar surface area (TPSA) is 25.2 Å². The van der Waals surface area contributed by atoms with Crippen LogP contribution in [-0.2, 0) is 7.05 Å². The van der Waals surface area contributed by atoms with Crippen LogP contribution in [0.25, 0.3) is 0 Å². The van der Waals surface area contributed by atoms with Gasteiger partial charge < -0.3 is 9.47 Å². The largest absolute Gasteiger partial charge is 0.348 e. The molecule has 0 aliphatic carbocycles. The molecule has 1 aromatic rings. The van der Waals surface area contributed by atoms with Crippen LogP contribution in [0.15, 0.2) is 18.3 Å². The number of carbonyl (C=O) groups excluding carboxylic acids is 1. The zero-order valence-electron chi connectivity index (χ0n) is 11.0. The molecule has 0 unspecified atom stereocenters. The van der Waals surface area contributed by atoms with E-state index < -0.39 is 0 Å². The van der Waals surface area contributed by atoms with E-state index in [0.717, 1.165) is 31.1 Å². The van der Waals surface area contributed by atoms with Gasteiger partial charge in [0.1, 0.15) is 0 Å². The molecule has 17 heavy (non-hydrogen) atoms. The molecule has 1 rings (SSSR count). The number of hydrogen-bond donors (Lipinski definition) is 0. The maximum Gasteiger partial charge on any atom is 0.189 e. The molecule has 0 saturated heterocycles. The van der Waals surface area contributed by atoms with Gasteiger partial charge in [-0.2, -0.15) is 11.8 Å². The molecule has 0 bridgehead atoms. The first-order chi connectivity index (χ1) is 8.19. The summed E-state index contributed by atoms with van der Waals surface area (Å²) in [6.45, 7) is 7.58. The second-order valence-electron chi connectivity index (χ2n) is 4.01. The number of aromatic nitrogens is 1. The fraction of sp³-hybridized carbons (Fsp3) is 0.615. The highest BCUT2D eigenvalue weighted by Gasteiger charge is 2.08.